The van der Waals surface area contributed by atoms with Gasteiger partial charge in [0.05, 0.1) is 13.4 Å². The molecule has 6 heteroatoms. The van der Waals surface area contributed by atoms with Crippen LogP contribution in [0.25, 0.3) is 0 Å². The van der Waals surface area contributed by atoms with Gasteiger partial charge in [-0.2, -0.15) is 0 Å². The largest absolute Gasteiger partial charge is 0.489 e. The van der Waals surface area contributed by atoms with Gasteiger partial charge in [0.1, 0.15) is 0 Å². The van der Waals surface area contributed by atoms with Crippen LogP contribution < -0.4 is 15.6 Å². The van der Waals surface area contributed by atoms with Gasteiger partial charge in [0, 0.05) is 13.2 Å². The molecule has 0 aromatic carbocycles. The first-order chi connectivity index (χ1) is 9.26. The molecule has 3 N–H and O–H groups in total. The SMILES string of the molecule is COc1c(NCC2CCCCC2CO)nc[nH]c1=O. The number of anilines is 1. The molecule has 19 heavy (non-hydrogen) atoms. The van der Waals surface area contributed by atoms with Crippen LogP contribution in [0.2, 0.25) is 0 Å². The first-order valence-corrected chi connectivity index (χ1v) is 6.72. The fourth-order valence-corrected chi connectivity index (χ4v) is 2.72. The molecule has 0 bridgehead atoms. The third kappa shape index (κ3) is 3.26. The molecule has 1 saturated carbocycles. The van der Waals surface area contributed by atoms with Gasteiger partial charge in [0.15, 0.2) is 5.82 Å². The molecule has 0 aliphatic heterocycles. The minimum Gasteiger partial charge on any atom is -0.489 e. The molecule has 1 aliphatic carbocycles. The highest BCUT2D eigenvalue weighted by atomic mass is 16.5. The van der Waals surface area contributed by atoms with Crippen molar-refractivity contribution in [3.8, 4) is 5.75 Å². The van der Waals surface area contributed by atoms with Crippen LogP contribution in [0.3, 0.4) is 0 Å². The van der Waals surface area contributed by atoms with Crippen molar-refractivity contribution in [3.05, 3.63) is 16.7 Å². The number of aliphatic hydroxyl groups is 1. The molecule has 2 atom stereocenters. The molecule has 1 fully saturated rings. The lowest BCUT2D eigenvalue weighted by atomic mass is 9.79. The van der Waals surface area contributed by atoms with Crippen LogP contribution in [-0.2, 0) is 0 Å². The Labute approximate surface area is 112 Å². The molecule has 2 unspecified atom stereocenters. The second kappa shape index (κ2) is 6.56. The van der Waals surface area contributed by atoms with E-state index in [2.05, 4.69) is 15.3 Å². The van der Waals surface area contributed by atoms with Crippen molar-refractivity contribution in [3.63, 3.8) is 0 Å². The summed E-state index contributed by atoms with van der Waals surface area (Å²) in [5.41, 5.74) is -0.289. The number of nitrogens with one attached hydrogen (secondary N) is 2. The topological polar surface area (TPSA) is 87.2 Å². The number of aromatic amines is 1. The fraction of sp³-hybridized carbons (Fsp3) is 0.692. The maximum Gasteiger partial charge on any atom is 0.295 e. The zero-order valence-corrected chi connectivity index (χ0v) is 11.2. The minimum atomic E-state index is -0.289. The third-order valence-electron chi connectivity index (χ3n) is 3.85. The summed E-state index contributed by atoms with van der Waals surface area (Å²) in [6.45, 7) is 0.935. The highest BCUT2D eigenvalue weighted by Crippen LogP contribution is 2.30. The van der Waals surface area contributed by atoms with Crippen molar-refractivity contribution in [2.75, 3.05) is 25.6 Å². The quantitative estimate of drug-likeness (QED) is 0.740. The lowest BCUT2D eigenvalue weighted by molar-refractivity contribution is 0.141. The standard InChI is InChI=1S/C13H21N3O3/c1-19-11-12(15-8-16-13(11)18)14-6-9-4-2-3-5-10(9)7-17/h8-10,17H,2-7H2,1H3,(H2,14,15,16,18). The van der Waals surface area contributed by atoms with Crippen LogP contribution >= 0.6 is 0 Å². The van der Waals surface area contributed by atoms with Gasteiger partial charge in [0.25, 0.3) is 5.56 Å². The Balaban J connectivity index is 2.02. The Hall–Kier alpha value is -1.56. The van der Waals surface area contributed by atoms with Crippen LogP contribution in [0.1, 0.15) is 25.7 Å². The van der Waals surface area contributed by atoms with Gasteiger partial charge >= 0.3 is 0 Å². The van der Waals surface area contributed by atoms with E-state index in [1.165, 1.54) is 26.3 Å². The number of rotatable bonds is 5. The fourth-order valence-electron chi connectivity index (χ4n) is 2.72. The predicted octanol–water partition coefficient (Wildman–Crippen LogP) is 0.989. The number of hydrogen-bond donors (Lipinski definition) is 3. The lowest BCUT2D eigenvalue weighted by Gasteiger charge is -2.30. The van der Waals surface area contributed by atoms with E-state index < -0.39 is 0 Å². The molecule has 0 radical (unpaired) electrons. The van der Waals surface area contributed by atoms with E-state index >= 15 is 0 Å². The Morgan fingerprint density at radius 2 is 2.21 bits per heavy atom. The molecule has 1 aliphatic rings. The van der Waals surface area contributed by atoms with Gasteiger partial charge in [-0.25, -0.2) is 4.98 Å². The Morgan fingerprint density at radius 3 is 2.89 bits per heavy atom. The molecule has 1 aromatic rings. The van der Waals surface area contributed by atoms with Crippen molar-refractivity contribution in [2.45, 2.75) is 25.7 Å². The normalized spacial score (nSPS) is 23.1. The number of aromatic nitrogens is 2. The molecule has 0 spiro atoms. The lowest BCUT2D eigenvalue weighted by Crippen LogP contribution is -2.29. The first kappa shape index (κ1) is 13.9. The Morgan fingerprint density at radius 1 is 1.47 bits per heavy atom. The second-order valence-corrected chi connectivity index (χ2v) is 4.98. The number of H-pyrrole nitrogens is 1. The summed E-state index contributed by atoms with van der Waals surface area (Å²) in [4.78, 5) is 18.1. The highest BCUT2D eigenvalue weighted by Gasteiger charge is 2.24. The number of ether oxygens (including phenoxy) is 1. The van der Waals surface area contributed by atoms with Crippen LogP contribution in [0.5, 0.6) is 5.75 Å². The molecule has 6 nitrogen and oxygen atoms in total. The second-order valence-electron chi connectivity index (χ2n) is 4.98. The summed E-state index contributed by atoms with van der Waals surface area (Å²) in [7, 11) is 1.45. The average Bonchev–Trinajstić information content (AvgIpc) is 2.45. The van der Waals surface area contributed by atoms with E-state index in [9.17, 15) is 9.90 Å². The van der Waals surface area contributed by atoms with Gasteiger partial charge in [-0.15, -0.1) is 0 Å². The number of nitrogens with zero attached hydrogens (tertiary/aromatic N) is 1. The monoisotopic (exact) mass is 267 g/mol. The molecule has 1 aromatic heterocycles. The van der Waals surface area contributed by atoms with E-state index in [4.69, 9.17) is 4.74 Å². The summed E-state index contributed by atoms with van der Waals surface area (Å²) in [6.07, 6.45) is 5.92. The van der Waals surface area contributed by atoms with Crippen LogP contribution in [-0.4, -0.2) is 35.3 Å². The van der Waals surface area contributed by atoms with Gasteiger partial charge in [-0.1, -0.05) is 12.8 Å². The number of aliphatic hydroxyl groups excluding tert-OH is 1. The zero-order valence-electron chi connectivity index (χ0n) is 11.2. The summed E-state index contributed by atoms with van der Waals surface area (Å²) >= 11 is 0. The van der Waals surface area contributed by atoms with E-state index in [1.807, 2.05) is 0 Å². The van der Waals surface area contributed by atoms with Crippen LogP contribution in [0.15, 0.2) is 11.1 Å². The molecule has 2 rings (SSSR count). The predicted molar refractivity (Wildman–Crippen MR) is 72.4 cm³/mol. The third-order valence-corrected chi connectivity index (χ3v) is 3.85. The maximum atomic E-state index is 11.5. The smallest absolute Gasteiger partial charge is 0.295 e. The van der Waals surface area contributed by atoms with Crippen molar-refractivity contribution < 1.29 is 9.84 Å². The summed E-state index contributed by atoms with van der Waals surface area (Å²) < 4.78 is 5.05. The maximum absolute atomic E-state index is 11.5. The highest BCUT2D eigenvalue weighted by molar-refractivity contribution is 5.47. The van der Waals surface area contributed by atoms with Crippen molar-refractivity contribution in [2.24, 2.45) is 11.8 Å². The molecular weight excluding hydrogens is 246 g/mol. The minimum absolute atomic E-state index is 0.207. The van der Waals surface area contributed by atoms with Crippen LogP contribution in [0, 0.1) is 11.8 Å². The molecule has 0 amide bonds. The Bertz CT molecular complexity index is 461. The summed E-state index contributed by atoms with van der Waals surface area (Å²) in [6, 6.07) is 0. The van der Waals surface area contributed by atoms with Crippen LogP contribution in [0.4, 0.5) is 5.82 Å². The van der Waals surface area contributed by atoms with E-state index in [0.29, 0.717) is 24.2 Å². The molecule has 1 heterocycles. The van der Waals surface area contributed by atoms with E-state index in [-0.39, 0.29) is 17.9 Å². The summed E-state index contributed by atoms with van der Waals surface area (Å²) in [5.74, 6) is 1.44. The molecule has 106 valence electrons. The van der Waals surface area contributed by atoms with Crippen molar-refractivity contribution >= 4 is 5.82 Å². The number of hydrogen-bond acceptors (Lipinski definition) is 5. The van der Waals surface area contributed by atoms with Gasteiger partial charge in [0.2, 0.25) is 5.75 Å². The molecule has 0 saturated heterocycles. The first-order valence-electron chi connectivity index (χ1n) is 6.72. The van der Waals surface area contributed by atoms with E-state index in [1.54, 1.807) is 0 Å². The van der Waals surface area contributed by atoms with Gasteiger partial charge in [-0.3, -0.25) is 4.79 Å². The van der Waals surface area contributed by atoms with Gasteiger partial charge < -0.3 is 20.1 Å². The Kier molecular flexibility index (Phi) is 4.79. The molecular formula is C13H21N3O3. The van der Waals surface area contributed by atoms with Crippen molar-refractivity contribution in [1.82, 2.24) is 9.97 Å². The van der Waals surface area contributed by atoms with Crippen molar-refractivity contribution in [1.29, 1.82) is 0 Å². The van der Waals surface area contributed by atoms with E-state index in [0.717, 1.165) is 12.8 Å². The number of methoxy groups -OCH3 is 1. The average molecular weight is 267 g/mol. The zero-order chi connectivity index (χ0) is 13.7. The van der Waals surface area contributed by atoms with Gasteiger partial charge in [-0.05, 0) is 24.7 Å². The summed E-state index contributed by atoms with van der Waals surface area (Å²) in [5, 5.41) is 12.6.